The number of thiophene rings is 1. The molecule has 2 aromatic rings. The van der Waals surface area contributed by atoms with Gasteiger partial charge in [0.1, 0.15) is 11.6 Å². The van der Waals surface area contributed by atoms with Crippen LogP contribution in [-0.4, -0.2) is 38.6 Å². The van der Waals surface area contributed by atoms with Gasteiger partial charge in [-0.05, 0) is 54.7 Å². The first-order chi connectivity index (χ1) is 10.5. The van der Waals surface area contributed by atoms with Crippen molar-refractivity contribution in [3.05, 3.63) is 52.0 Å². The molecule has 22 heavy (non-hydrogen) atoms. The fraction of sp³-hybridized carbons (Fsp3) is 0.312. The van der Waals surface area contributed by atoms with Crippen LogP contribution in [-0.2, 0) is 0 Å². The summed E-state index contributed by atoms with van der Waals surface area (Å²) in [6.07, 6.45) is 0. The Morgan fingerprint density at radius 3 is 2.77 bits per heavy atom. The second-order valence-corrected chi connectivity index (χ2v) is 5.87. The van der Waals surface area contributed by atoms with E-state index in [2.05, 4.69) is 10.7 Å². The molecule has 0 saturated heterocycles. The smallest absolute Gasteiger partial charge is 0.255 e. The van der Waals surface area contributed by atoms with Crippen LogP contribution < -0.4 is 10.1 Å². The van der Waals surface area contributed by atoms with Crippen molar-refractivity contribution in [1.82, 2.24) is 10.2 Å². The largest absolute Gasteiger partial charge is 0.496 e. The van der Waals surface area contributed by atoms with E-state index in [9.17, 15) is 9.18 Å². The van der Waals surface area contributed by atoms with E-state index in [1.54, 1.807) is 11.3 Å². The maximum atomic E-state index is 13.4. The highest BCUT2D eigenvalue weighted by Crippen LogP contribution is 2.22. The van der Waals surface area contributed by atoms with Crippen molar-refractivity contribution < 1.29 is 13.9 Å². The normalized spacial score (nSPS) is 12.2. The summed E-state index contributed by atoms with van der Waals surface area (Å²) in [5.41, 5.74) is 1.34. The molecule has 0 spiro atoms. The first kappa shape index (κ1) is 16.5. The zero-order valence-electron chi connectivity index (χ0n) is 12.8. The van der Waals surface area contributed by atoms with Gasteiger partial charge in [-0.1, -0.05) is 0 Å². The van der Waals surface area contributed by atoms with E-state index < -0.39 is 5.82 Å². The molecular formula is C16H19FN2O2S. The molecule has 2 rings (SSSR count). The number of likely N-dealkylation sites (N-methyl/N-ethyl adjacent to an activating group) is 1. The number of amides is 1. The number of halogens is 1. The van der Waals surface area contributed by atoms with Gasteiger partial charge in [0, 0.05) is 6.54 Å². The summed E-state index contributed by atoms with van der Waals surface area (Å²) in [4.78, 5) is 14.3. The van der Waals surface area contributed by atoms with Crippen LogP contribution in [0.5, 0.6) is 5.75 Å². The average Bonchev–Trinajstić information content (AvgIpc) is 3.01. The molecule has 0 radical (unpaired) electrons. The number of hydrogen-bond acceptors (Lipinski definition) is 4. The van der Waals surface area contributed by atoms with Crippen molar-refractivity contribution in [2.75, 3.05) is 27.7 Å². The van der Waals surface area contributed by atoms with Crippen molar-refractivity contribution in [3.8, 4) is 5.75 Å². The van der Waals surface area contributed by atoms with Crippen LogP contribution in [0.15, 0.2) is 35.0 Å². The number of methoxy groups -OCH3 is 1. The van der Waals surface area contributed by atoms with Crippen molar-refractivity contribution in [2.24, 2.45) is 0 Å². The molecule has 0 aliphatic carbocycles. The van der Waals surface area contributed by atoms with Crippen LogP contribution in [0.3, 0.4) is 0 Å². The summed E-state index contributed by atoms with van der Waals surface area (Å²) in [6, 6.07) is 6.00. The molecule has 0 bridgehead atoms. The second-order valence-electron chi connectivity index (χ2n) is 5.09. The Kier molecular flexibility index (Phi) is 5.51. The summed E-state index contributed by atoms with van der Waals surface area (Å²) in [5.74, 6) is -0.456. The van der Waals surface area contributed by atoms with E-state index in [1.807, 2.05) is 30.4 Å². The molecule has 0 fully saturated rings. The quantitative estimate of drug-likeness (QED) is 0.889. The second kappa shape index (κ2) is 7.38. The minimum absolute atomic E-state index is 0.0646. The third-order valence-electron chi connectivity index (χ3n) is 3.41. The summed E-state index contributed by atoms with van der Waals surface area (Å²) < 4.78 is 18.5. The van der Waals surface area contributed by atoms with E-state index in [0.717, 1.165) is 5.56 Å². The number of carbonyl (C=O) groups is 1. The third kappa shape index (κ3) is 3.84. The van der Waals surface area contributed by atoms with Crippen LogP contribution in [0.2, 0.25) is 0 Å². The van der Waals surface area contributed by atoms with Crippen molar-refractivity contribution in [3.63, 3.8) is 0 Å². The molecule has 118 valence electrons. The van der Waals surface area contributed by atoms with Gasteiger partial charge in [-0.3, -0.25) is 4.79 Å². The Labute approximate surface area is 133 Å². The molecule has 6 heteroatoms. The SMILES string of the molecule is COc1ccc(F)cc1C(=O)NC[C@H](c1ccsc1)N(C)C. The Balaban J connectivity index is 2.10. The maximum Gasteiger partial charge on any atom is 0.255 e. The average molecular weight is 322 g/mol. The van der Waals surface area contributed by atoms with Crippen LogP contribution in [0.4, 0.5) is 4.39 Å². The Morgan fingerprint density at radius 1 is 1.41 bits per heavy atom. The van der Waals surface area contributed by atoms with Gasteiger partial charge in [-0.2, -0.15) is 11.3 Å². The monoisotopic (exact) mass is 322 g/mol. The lowest BCUT2D eigenvalue weighted by Crippen LogP contribution is -2.34. The topological polar surface area (TPSA) is 41.6 Å². The predicted octanol–water partition coefficient (Wildman–Crippen LogP) is 2.93. The van der Waals surface area contributed by atoms with Crippen LogP contribution in [0.25, 0.3) is 0 Å². The molecule has 1 atom stereocenters. The zero-order chi connectivity index (χ0) is 16.1. The fourth-order valence-electron chi connectivity index (χ4n) is 2.21. The zero-order valence-corrected chi connectivity index (χ0v) is 13.6. The number of ether oxygens (including phenoxy) is 1. The van der Waals surface area contributed by atoms with Crippen LogP contribution in [0, 0.1) is 5.82 Å². The standard InChI is InChI=1S/C16H19FN2O2S/c1-19(2)14(11-6-7-22-10-11)9-18-16(20)13-8-12(17)4-5-15(13)21-3/h4-8,10,14H,9H2,1-3H3,(H,18,20)/t14-/m1/s1. The molecule has 1 amide bonds. The summed E-state index contributed by atoms with van der Waals surface area (Å²) in [7, 11) is 5.37. The summed E-state index contributed by atoms with van der Waals surface area (Å²) in [6.45, 7) is 0.433. The first-order valence-corrected chi connectivity index (χ1v) is 7.77. The minimum atomic E-state index is -0.465. The van der Waals surface area contributed by atoms with Gasteiger partial charge < -0.3 is 15.0 Å². The first-order valence-electron chi connectivity index (χ1n) is 6.83. The lowest BCUT2D eigenvalue weighted by atomic mass is 10.1. The lowest BCUT2D eigenvalue weighted by Gasteiger charge is -2.24. The number of benzene rings is 1. The maximum absolute atomic E-state index is 13.4. The highest BCUT2D eigenvalue weighted by Gasteiger charge is 2.18. The van der Waals surface area contributed by atoms with Gasteiger partial charge in [-0.25, -0.2) is 4.39 Å². The molecule has 1 heterocycles. The van der Waals surface area contributed by atoms with Crippen molar-refractivity contribution in [2.45, 2.75) is 6.04 Å². The Hall–Kier alpha value is -1.92. The Morgan fingerprint density at radius 2 is 2.18 bits per heavy atom. The highest BCUT2D eigenvalue weighted by atomic mass is 32.1. The van der Waals surface area contributed by atoms with E-state index in [4.69, 9.17) is 4.74 Å². The molecule has 0 aliphatic heterocycles. The highest BCUT2D eigenvalue weighted by molar-refractivity contribution is 7.07. The van der Waals surface area contributed by atoms with E-state index in [1.165, 1.54) is 25.3 Å². The Bertz CT molecular complexity index is 629. The molecule has 1 aromatic heterocycles. The van der Waals surface area contributed by atoms with E-state index >= 15 is 0 Å². The van der Waals surface area contributed by atoms with Gasteiger partial charge in [-0.15, -0.1) is 0 Å². The number of carbonyl (C=O) groups excluding carboxylic acids is 1. The van der Waals surface area contributed by atoms with Gasteiger partial charge in [0.05, 0.1) is 18.7 Å². The number of rotatable bonds is 6. The van der Waals surface area contributed by atoms with Gasteiger partial charge >= 0.3 is 0 Å². The van der Waals surface area contributed by atoms with Gasteiger partial charge in [0.25, 0.3) is 5.91 Å². The third-order valence-corrected chi connectivity index (χ3v) is 4.11. The van der Waals surface area contributed by atoms with Gasteiger partial charge in [0.15, 0.2) is 0 Å². The molecule has 4 nitrogen and oxygen atoms in total. The van der Waals surface area contributed by atoms with E-state index in [-0.39, 0.29) is 17.5 Å². The lowest BCUT2D eigenvalue weighted by molar-refractivity contribution is 0.0938. The van der Waals surface area contributed by atoms with E-state index in [0.29, 0.717) is 12.3 Å². The number of nitrogens with zero attached hydrogens (tertiary/aromatic N) is 1. The van der Waals surface area contributed by atoms with Crippen molar-refractivity contribution >= 4 is 17.2 Å². The number of nitrogens with one attached hydrogen (secondary N) is 1. The fourth-order valence-corrected chi connectivity index (χ4v) is 2.91. The minimum Gasteiger partial charge on any atom is -0.496 e. The predicted molar refractivity (Wildman–Crippen MR) is 86.0 cm³/mol. The summed E-state index contributed by atoms with van der Waals surface area (Å²) >= 11 is 1.62. The van der Waals surface area contributed by atoms with Crippen LogP contribution in [0.1, 0.15) is 22.0 Å². The van der Waals surface area contributed by atoms with Gasteiger partial charge in [0.2, 0.25) is 0 Å². The van der Waals surface area contributed by atoms with Crippen LogP contribution >= 0.6 is 11.3 Å². The van der Waals surface area contributed by atoms with Crippen molar-refractivity contribution in [1.29, 1.82) is 0 Å². The molecule has 0 saturated carbocycles. The molecule has 0 unspecified atom stereocenters. The summed E-state index contributed by atoms with van der Waals surface area (Å²) in [5, 5.41) is 6.91. The molecule has 1 N–H and O–H groups in total. The molecular weight excluding hydrogens is 303 g/mol. The molecule has 1 aromatic carbocycles. The molecule has 0 aliphatic rings. The number of hydrogen-bond donors (Lipinski definition) is 1.